The van der Waals surface area contributed by atoms with Crippen LogP contribution in [0.4, 0.5) is 4.79 Å². The van der Waals surface area contributed by atoms with E-state index in [9.17, 15) is 19.2 Å². The number of carbonyl (C=O) groups excluding carboxylic acids is 4. The first-order valence-electron chi connectivity index (χ1n) is 10.2. The van der Waals surface area contributed by atoms with Gasteiger partial charge in [-0.1, -0.05) is 37.5 Å². The van der Waals surface area contributed by atoms with Crippen molar-refractivity contribution in [3.63, 3.8) is 0 Å². The van der Waals surface area contributed by atoms with Crippen LogP contribution in [-0.2, 0) is 25.5 Å². The number of ether oxygens (including phenoxy) is 1. The minimum absolute atomic E-state index is 0.112. The monoisotopic (exact) mass is 412 g/mol. The van der Waals surface area contributed by atoms with Crippen LogP contribution in [0.25, 0.3) is 10.9 Å². The van der Waals surface area contributed by atoms with Gasteiger partial charge in [-0.15, -0.1) is 0 Å². The molecule has 4 rings (SSSR count). The van der Waals surface area contributed by atoms with Crippen LogP contribution in [0.2, 0.25) is 0 Å². The van der Waals surface area contributed by atoms with Gasteiger partial charge in [-0.25, -0.2) is 4.79 Å². The van der Waals surface area contributed by atoms with Gasteiger partial charge in [0, 0.05) is 23.5 Å². The number of imide groups is 1. The van der Waals surface area contributed by atoms with Crippen LogP contribution in [0.1, 0.15) is 44.1 Å². The summed E-state index contributed by atoms with van der Waals surface area (Å²) in [6.45, 7) is -0.559. The summed E-state index contributed by atoms with van der Waals surface area (Å²) in [4.78, 5) is 52.0. The molecule has 2 heterocycles. The number of benzene rings is 1. The van der Waals surface area contributed by atoms with Gasteiger partial charge in [-0.3, -0.25) is 19.8 Å². The maximum absolute atomic E-state index is 12.6. The molecule has 3 N–H and O–H groups in total. The number of hydrogen-bond donors (Lipinski definition) is 3. The Bertz CT molecular complexity index is 992. The van der Waals surface area contributed by atoms with Crippen LogP contribution < -0.4 is 10.7 Å². The molecule has 0 atom stereocenters. The molecule has 1 aromatic carbocycles. The summed E-state index contributed by atoms with van der Waals surface area (Å²) in [7, 11) is 0. The van der Waals surface area contributed by atoms with Crippen LogP contribution in [0.3, 0.4) is 0 Å². The molecule has 0 bridgehead atoms. The number of aromatic nitrogens is 1. The van der Waals surface area contributed by atoms with Crippen molar-refractivity contribution in [3.05, 3.63) is 36.0 Å². The number of rotatable bonds is 6. The Labute approximate surface area is 173 Å². The van der Waals surface area contributed by atoms with Crippen molar-refractivity contribution in [3.8, 4) is 0 Å². The van der Waals surface area contributed by atoms with Gasteiger partial charge in [0.25, 0.3) is 11.8 Å². The van der Waals surface area contributed by atoms with Crippen molar-refractivity contribution >= 4 is 34.7 Å². The Hall–Kier alpha value is -3.36. The van der Waals surface area contributed by atoms with E-state index in [0.717, 1.165) is 35.7 Å². The lowest BCUT2D eigenvalue weighted by Gasteiger charge is -2.30. The summed E-state index contributed by atoms with van der Waals surface area (Å²) in [6, 6.07) is 7.12. The number of aryl methyl sites for hydroxylation is 1. The lowest BCUT2D eigenvalue weighted by molar-refractivity contribution is -0.150. The van der Waals surface area contributed by atoms with E-state index in [0.29, 0.717) is 24.3 Å². The highest BCUT2D eigenvalue weighted by Gasteiger charge is 2.52. The molecule has 1 aliphatic heterocycles. The third kappa shape index (κ3) is 3.87. The van der Waals surface area contributed by atoms with Gasteiger partial charge in [0.1, 0.15) is 5.54 Å². The summed E-state index contributed by atoms with van der Waals surface area (Å²) < 4.78 is 5.00. The van der Waals surface area contributed by atoms with Gasteiger partial charge in [-0.2, -0.15) is 5.01 Å². The molecule has 2 aliphatic rings. The van der Waals surface area contributed by atoms with Crippen molar-refractivity contribution in [1.29, 1.82) is 0 Å². The molecule has 1 saturated heterocycles. The molecule has 0 unspecified atom stereocenters. The lowest BCUT2D eigenvalue weighted by atomic mass is 9.82. The highest BCUT2D eigenvalue weighted by Crippen LogP contribution is 2.32. The van der Waals surface area contributed by atoms with Gasteiger partial charge in [0.05, 0.1) is 0 Å². The maximum atomic E-state index is 12.6. The second-order valence-electron chi connectivity index (χ2n) is 7.77. The first kappa shape index (κ1) is 19.9. The van der Waals surface area contributed by atoms with E-state index < -0.39 is 36.0 Å². The number of H-pyrrole nitrogens is 1. The van der Waals surface area contributed by atoms with E-state index >= 15 is 0 Å². The number of esters is 1. The van der Waals surface area contributed by atoms with E-state index in [4.69, 9.17) is 4.74 Å². The molecule has 0 radical (unpaired) electrons. The third-order valence-electron chi connectivity index (χ3n) is 5.74. The van der Waals surface area contributed by atoms with Crippen LogP contribution in [0, 0.1) is 0 Å². The number of hydrazine groups is 1. The number of para-hydroxylation sites is 1. The molecule has 1 aliphatic carbocycles. The number of amides is 4. The zero-order valence-electron chi connectivity index (χ0n) is 16.5. The quantitative estimate of drug-likeness (QED) is 0.495. The Morgan fingerprint density at radius 3 is 2.70 bits per heavy atom. The molecular weight excluding hydrogens is 388 g/mol. The van der Waals surface area contributed by atoms with Crippen LogP contribution in [0.15, 0.2) is 30.5 Å². The van der Waals surface area contributed by atoms with Gasteiger partial charge < -0.3 is 15.0 Å². The summed E-state index contributed by atoms with van der Waals surface area (Å²) in [5, 5.41) is 4.44. The number of carbonyl (C=O) groups is 4. The number of urea groups is 1. The topological polar surface area (TPSA) is 121 Å². The summed E-state index contributed by atoms with van der Waals surface area (Å²) in [5.41, 5.74) is 3.31. The summed E-state index contributed by atoms with van der Waals surface area (Å²) in [5.74, 6) is -1.71. The first-order chi connectivity index (χ1) is 14.5. The number of fused-ring (bicyclic) bond motifs is 1. The average molecular weight is 412 g/mol. The van der Waals surface area contributed by atoms with Gasteiger partial charge >= 0.3 is 12.0 Å². The van der Waals surface area contributed by atoms with E-state index in [1.54, 1.807) is 0 Å². The predicted octanol–water partition coefficient (Wildman–Crippen LogP) is 1.93. The van der Waals surface area contributed by atoms with Gasteiger partial charge in [0.2, 0.25) is 0 Å². The molecule has 9 heteroatoms. The second kappa shape index (κ2) is 8.17. The predicted molar refractivity (Wildman–Crippen MR) is 107 cm³/mol. The minimum atomic E-state index is -0.918. The summed E-state index contributed by atoms with van der Waals surface area (Å²) >= 11 is 0. The smallest absolute Gasteiger partial charge is 0.344 e. The molecule has 9 nitrogen and oxygen atoms in total. The molecule has 2 fully saturated rings. The van der Waals surface area contributed by atoms with Crippen molar-refractivity contribution < 1.29 is 23.9 Å². The molecule has 2 aromatic rings. The molecule has 1 spiro atoms. The Balaban J connectivity index is 1.25. The number of aromatic amines is 1. The van der Waals surface area contributed by atoms with Crippen LogP contribution in [-0.4, -0.2) is 46.0 Å². The molecule has 158 valence electrons. The average Bonchev–Trinajstić information content (AvgIpc) is 3.26. The van der Waals surface area contributed by atoms with Gasteiger partial charge in [-0.05, 0) is 30.9 Å². The van der Waals surface area contributed by atoms with Crippen molar-refractivity contribution in [2.75, 3.05) is 6.61 Å². The first-order valence-corrected chi connectivity index (χ1v) is 10.2. The standard InChI is InChI=1S/C21H24N4O5/c26-17(24-25-19(28)21(23-20(25)29)10-4-1-5-11-21)13-30-18(27)9-8-14-12-22-16-7-3-2-6-15(14)16/h2-3,6-7,12,22H,1,4-5,8-11,13H2,(H,23,29)(H,24,26). The van der Waals surface area contributed by atoms with Crippen molar-refractivity contribution in [2.24, 2.45) is 0 Å². The molecular formula is C21H24N4O5. The second-order valence-corrected chi connectivity index (χ2v) is 7.77. The SMILES string of the molecule is O=C(COC(=O)CCc1c[nH]c2ccccc12)NN1C(=O)NC2(CCCCC2)C1=O. The zero-order valence-corrected chi connectivity index (χ0v) is 16.5. The van der Waals surface area contributed by atoms with Crippen molar-refractivity contribution in [2.45, 2.75) is 50.5 Å². The van der Waals surface area contributed by atoms with Crippen LogP contribution >= 0.6 is 0 Å². The Morgan fingerprint density at radius 1 is 1.13 bits per heavy atom. The zero-order chi connectivity index (χ0) is 21.1. The number of nitrogens with one attached hydrogen (secondary N) is 3. The number of nitrogens with zero attached hydrogens (tertiary/aromatic N) is 1. The van der Waals surface area contributed by atoms with Crippen molar-refractivity contribution in [1.82, 2.24) is 20.7 Å². The Morgan fingerprint density at radius 2 is 1.90 bits per heavy atom. The molecule has 4 amide bonds. The molecule has 30 heavy (non-hydrogen) atoms. The maximum Gasteiger partial charge on any atom is 0.344 e. The highest BCUT2D eigenvalue weighted by molar-refractivity contribution is 6.08. The minimum Gasteiger partial charge on any atom is -0.455 e. The largest absolute Gasteiger partial charge is 0.455 e. The van der Waals surface area contributed by atoms with E-state index in [-0.39, 0.29) is 6.42 Å². The van der Waals surface area contributed by atoms with E-state index in [2.05, 4.69) is 15.7 Å². The third-order valence-corrected chi connectivity index (χ3v) is 5.74. The fourth-order valence-electron chi connectivity index (χ4n) is 4.17. The van der Waals surface area contributed by atoms with Gasteiger partial charge in [0.15, 0.2) is 6.61 Å². The molecule has 1 aromatic heterocycles. The molecule has 1 saturated carbocycles. The fourth-order valence-corrected chi connectivity index (χ4v) is 4.17. The highest BCUT2D eigenvalue weighted by atomic mass is 16.5. The fraction of sp³-hybridized carbons (Fsp3) is 0.429. The normalized spacial score (nSPS) is 17.9. The summed E-state index contributed by atoms with van der Waals surface area (Å²) in [6.07, 6.45) is 6.28. The number of hydrogen-bond acceptors (Lipinski definition) is 5. The van der Waals surface area contributed by atoms with E-state index in [1.807, 2.05) is 30.5 Å². The van der Waals surface area contributed by atoms with E-state index in [1.165, 1.54) is 0 Å². The lowest BCUT2D eigenvalue weighted by Crippen LogP contribution is -2.51. The Kier molecular flexibility index (Phi) is 5.43. The van der Waals surface area contributed by atoms with Crippen LogP contribution in [0.5, 0.6) is 0 Å².